The van der Waals surface area contributed by atoms with Gasteiger partial charge in [0, 0.05) is 19.6 Å². The van der Waals surface area contributed by atoms with Crippen molar-refractivity contribution in [3.63, 3.8) is 0 Å². The Morgan fingerprint density at radius 2 is 1.71 bits per heavy atom. The Balaban J connectivity index is 3.80. The third-order valence-electron chi connectivity index (χ3n) is 3.64. The quantitative estimate of drug-likeness (QED) is 0.330. The Labute approximate surface area is 132 Å². The molecular weight excluding hydrogens is 260 g/mol. The van der Waals surface area contributed by atoms with Crippen LogP contribution >= 0.6 is 0 Å². The van der Waals surface area contributed by atoms with Crippen LogP contribution < -0.4 is 10.6 Å². The van der Waals surface area contributed by atoms with Crippen molar-refractivity contribution in [3.8, 4) is 0 Å². The van der Waals surface area contributed by atoms with Crippen LogP contribution in [-0.4, -0.2) is 50.1 Å². The second-order valence-electron chi connectivity index (χ2n) is 5.96. The molecule has 0 amide bonds. The van der Waals surface area contributed by atoms with Crippen molar-refractivity contribution in [2.24, 2.45) is 10.9 Å². The smallest absolute Gasteiger partial charge is 0.191 e. The molecule has 0 fully saturated rings. The molecular formula is C17H38N4. The molecule has 0 aromatic heterocycles. The van der Waals surface area contributed by atoms with Crippen molar-refractivity contribution < 1.29 is 0 Å². The van der Waals surface area contributed by atoms with E-state index in [1.165, 1.54) is 32.2 Å². The summed E-state index contributed by atoms with van der Waals surface area (Å²) >= 11 is 0. The minimum Gasteiger partial charge on any atom is -0.357 e. The summed E-state index contributed by atoms with van der Waals surface area (Å²) < 4.78 is 0. The summed E-state index contributed by atoms with van der Waals surface area (Å²) in [6.07, 6.45) is 4.89. The highest BCUT2D eigenvalue weighted by molar-refractivity contribution is 5.79. The number of guanidine groups is 1. The average molecular weight is 299 g/mol. The van der Waals surface area contributed by atoms with Gasteiger partial charge in [-0.15, -0.1) is 0 Å². The normalized spacial score (nSPS) is 12.2. The van der Waals surface area contributed by atoms with Crippen LogP contribution in [-0.2, 0) is 0 Å². The van der Waals surface area contributed by atoms with Gasteiger partial charge in [-0.2, -0.15) is 0 Å². The zero-order chi connectivity index (χ0) is 15.9. The van der Waals surface area contributed by atoms with Crippen molar-refractivity contribution in [2.45, 2.75) is 60.3 Å². The van der Waals surface area contributed by atoms with Crippen LogP contribution in [0.3, 0.4) is 0 Å². The molecule has 0 saturated heterocycles. The van der Waals surface area contributed by atoms with Gasteiger partial charge in [0.2, 0.25) is 0 Å². The van der Waals surface area contributed by atoms with E-state index < -0.39 is 0 Å². The molecule has 0 aromatic rings. The molecule has 0 unspecified atom stereocenters. The molecule has 0 aliphatic rings. The first-order chi connectivity index (χ1) is 10.1. The lowest BCUT2D eigenvalue weighted by atomic mass is 10.1. The standard InChI is InChI=1S/C17H38N4/c1-6-18-17(20-14-11-12-16(4)5)19-13-9-10-15-21(7-2)8-3/h16H,6-15H2,1-5H3,(H2,18,19,20). The van der Waals surface area contributed by atoms with E-state index in [1.807, 2.05) is 0 Å². The molecule has 0 atom stereocenters. The molecule has 2 N–H and O–H groups in total. The molecule has 0 rings (SSSR count). The van der Waals surface area contributed by atoms with E-state index in [0.29, 0.717) is 0 Å². The lowest BCUT2D eigenvalue weighted by Gasteiger charge is -2.18. The Hall–Kier alpha value is -0.770. The van der Waals surface area contributed by atoms with Crippen molar-refractivity contribution in [2.75, 3.05) is 39.3 Å². The van der Waals surface area contributed by atoms with Crippen LogP contribution in [0.2, 0.25) is 0 Å². The first-order valence-electron chi connectivity index (χ1n) is 8.88. The second kappa shape index (κ2) is 14.2. The topological polar surface area (TPSA) is 39.7 Å². The van der Waals surface area contributed by atoms with Gasteiger partial charge in [0.25, 0.3) is 0 Å². The van der Waals surface area contributed by atoms with E-state index in [1.54, 1.807) is 0 Å². The van der Waals surface area contributed by atoms with Crippen molar-refractivity contribution in [3.05, 3.63) is 0 Å². The van der Waals surface area contributed by atoms with Gasteiger partial charge in [0.15, 0.2) is 5.96 Å². The van der Waals surface area contributed by atoms with E-state index >= 15 is 0 Å². The molecule has 0 aromatic carbocycles. The highest BCUT2D eigenvalue weighted by Crippen LogP contribution is 2.02. The molecule has 126 valence electrons. The largest absolute Gasteiger partial charge is 0.357 e. The zero-order valence-corrected chi connectivity index (χ0v) is 15.0. The van der Waals surface area contributed by atoms with Gasteiger partial charge >= 0.3 is 0 Å². The van der Waals surface area contributed by atoms with E-state index in [-0.39, 0.29) is 0 Å². The number of rotatable bonds is 12. The molecule has 0 saturated carbocycles. The number of hydrogen-bond donors (Lipinski definition) is 2. The summed E-state index contributed by atoms with van der Waals surface area (Å²) in [5.74, 6) is 1.75. The van der Waals surface area contributed by atoms with Crippen molar-refractivity contribution >= 4 is 5.96 Å². The van der Waals surface area contributed by atoms with Gasteiger partial charge in [-0.25, -0.2) is 0 Å². The summed E-state index contributed by atoms with van der Waals surface area (Å²) in [6.45, 7) is 17.5. The SMILES string of the molecule is CCNC(=NCCCC(C)C)NCCCCN(CC)CC. The number of nitrogens with one attached hydrogen (secondary N) is 2. The fraction of sp³-hybridized carbons (Fsp3) is 0.941. The van der Waals surface area contributed by atoms with Crippen LogP contribution in [0.4, 0.5) is 0 Å². The maximum Gasteiger partial charge on any atom is 0.191 e. The Morgan fingerprint density at radius 1 is 1.00 bits per heavy atom. The van der Waals surface area contributed by atoms with E-state index in [9.17, 15) is 0 Å². The highest BCUT2D eigenvalue weighted by atomic mass is 15.2. The van der Waals surface area contributed by atoms with Gasteiger partial charge in [-0.1, -0.05) is 27.7 Å². The maximum atomic E-state index is 4.63. The lowest BCUT2D eigenvalue weighted by Crippen LogP contribution is -2.38. The Morgan fingerprint density at radius 3 is 2.29 bits per heavy atom. The molecule has 4 nitrogen and oxygen atoms in total. The highest BCUT2D eigenvalue weighted by Gasteiger charge is 2.00. The fourth-order valence-electron chi connectivity index (χ4n) is 2.24. The maximum absolute atomic E-state index is 4.63. The predicted molar refractivity (Wildman–Crippen MR) is 95.1 cm³/mol. The Bertz CT molecular complexity index is 247. The third-order valence-corrected chi connectivity index (χ3v) is 3.64. The lowest BCUT2D eigenvalue weighted by molar-refractivity contribution is 0.297. The minimum atomic E-state index is 0.774. The van der Waals surface area contributed by atoms with Crippen LogP contribution in [0.25, 0.3) is 0 Å². The van der Waals surface area contributed by atoms with E-state index in [0.717, 1.165) is 44.6 Å². The molecule has 0 aliphatic heterocycles. The summed E-state index contributed by atoms with van der Waals surface area (Å²) in [7, 11) is 0. The van der Waals surface area contributed by atoms with E-state index in [2.05, 4.69) is 55.1 Å². The van der Waals surface area contributed by atoms with Crippen molar-refractivity contribution in [1.82, 2.24) is 15.5 Å². The van der Waals surface area contributed by atoms with Gasteiger partial charge in [-0.3, -0.25) is 4.99 Å². The molecule has 0 heterocycles. The summed E-state index contributed by atoms with van der Waals surface area (Å²) in [5, 5.41) is 6.76. The first-order valence-corrected chi connectivity index (χ1v) is 8.88. The van der Waals surface area contributed by atoms with Crippen LogP contribution in [0.15, 0.2) is 4.99 Å². The Kier molecular flexibility index (Phi) is 13.7. The third kappa shape index (κ3) is 12.7. The van der Waals surface area contributed by atoms with Gasteiger partial charge < -0.3 is 15.5 Å². The van der Waals surface area contributed by atoms with Gasteiger partial charge in [-0.05, 0) is 58.2 Å². The average Bonchev–Trinajstić information content (AvgIpc) is 2.47. The van der Waals surface area contributed by atoms with Crippen LogP contribution in [0.5, 0.6) is 0 Å². The molecule has 0 bridgehead atoms. The molecule has 21 heavy (non-hydrogen) atoms. The minimum absolute atomic E-state index is 0.774. The summed E-state index contributed by atoms with van der Waals surface area (Å²) in [6, 6.07) is 0. The first kappa shape index (κ1) is 20.2. The molecule has 0 radical (unpaired) electrons. The molecule has 0 spiro atoms. The summed E-state index contributed by atoms with van der Waals surface area (Å²) in [5.41, 5.74) is 0. The predicted octanol–water partition coefficient (Wildman–Crippen LogP) is 3.10. The molecule has 0 aliphatic carbocycles. The zero-order valence-electron chi connectivity index (χ0n) is 15.0. The fourth-order valence-corrected chi connectivity index (χ4v) is 2.24. The number of hydrogen-bond acceptors (Lipinski definition) is 2. The van der Waals surface area contributed by atoms with Crippen LogP contribution in [0.1, 0.15) is 60.3 Å². The second-order valence-corrected chi connectivity index (χ2v) is 5.96. The monoisotopic (exact) mass is 298 g/mol. The van der Waals surface area contributed by atoms with Crippen molar-refractivity contribution in [1.29, 1.82) is 0 Å². The van der Waals surface area contributed by atoms with Gasteiger partial charge in [0.05, 0.1) is 0 Å². The van der Waals surface area contributed by atoms with Crippen LogP contribution in [0, 0.1) is 5.92 Å². The van der Waals surface area contributed by atoms with Gasteiger partial charge in [0.1, 0.15) is 0 Å². The summed E-state index contributed by atoms with van der Waals surface area (Å²) in [4.78, 5) is 7.11. The number of aliphatic imine (C=N–C) groups is 1. The number of nitrogens with zero attached hydrogens (tertiary/aromatic N) is 2. The number of unbranched alkanes of at least 4 members (excludes halogenated alkanes) is 1. The van der Waals surface area contributed by atoms with E-state index in [4.69, 9.17) is 0 Å². The molecule has 4 heteroatoms.